The highest BCUT2D eigenvalue weighted by Gasteiger charge is 2.28. The van der Waals surface area contributed by atoms with Crippen molar-refractivity contribution in [2.45, 2.75) is 119 Å². The molecule has 3 unspecified atom stereocenters. The minimum absolute atomic E-state index is 0.0977. The van der Waals surface area contributed by atoms with Gasteiger partial charge < -0.3 is 0 Å². The molecule has 6 nitrogen and oxygen atoms in total. The number of hydrogen-bond donors (Lipinski definition) is 0. The Morgan fingerprint density at radius 2 is 1.10 bits per heavy atom. The molecule has 0 aromatic heterocycles. The van der Waals surface area contributed by atoms with E-state index < -0.39 is 18.2 Å². The first-order valence-corrected chi connectivity index (χ1v) is 12.0. The van der Waals surface area contributed by atoms with E-state index >= 15 is 0 Å². The fourth-order valence-electron chi connectivity index (χ4n) is 3.14. The molecule has 0 aromatic carbocycles. The van der Waals surface area contributed by atoms with E-state index in [-0.39, 0.29) is 17.8 Å². The highest BCUT2D eigenvalue weighted by Crippen LogP contribution is 2.22. The number of unbranched alkanes of at least 4 members (excludes halogenated alkanes) is 2. The summed E-state index contributed by atoms with van der Waals surface area (Å²) in [5.74, 6) is -0.752. The monoisotopic (exact) mass is 430 g/mol. The molecule has 0 rings (SSSR count). The van der Waals surface area contributed by atoms with E-state index in [1.807, 2.05) is 20.8 Å². The average Bonchev–Trinajstić information content (AvgIpc) is 2.72. The van der Waals surface area contributed by atoms with Crippen LogP contribution >= 0.6 is 0 Å². The molecule has 0 N–H and O–H groups in total. The van der Waals surface area contributed by atoms with Crippen molar-refractivity contribution in [2.24, 2.45) is 23.7 Å². The van der Waals surface area contributed by atoms with Crippen LogP contribution in [0.5, 0.6) is 0 Å². The first-order chi connectivity index (χ1) is 14.3. The third-order valence-corrected chi connectivity index (χ3v) is 5.58. The molecule has 0 aliphatic heterocycles. The molecule has 30 heavy (non-hydrogen) atoms. The van der Waals surface area contributed by atoms with Crippen molar-refractivity contribution in [3.8, 4) is 0 Å². The molecule has 0 aromatic rings. The zero-order valence-corrected chi connectivity index (χ0v) is 20.4. The molecule has 0 amide bonds. The van der Waals surface area contributed by atoms with Crippen molar-refractivity contribution in [3.05, 3.63) is 0 Å². The Hall–Kier alpha value is -1.14. The van der Waals surface area contributed by atoms with Crippen LogP contribution < -0.4 is 0 Å². The van der Waals surface area contributed by atoms with E-state index in [1.165, 1.54) is 0 Å². The van der Waals surface area contributed by atoms with Gasteiger partial charge in [0.05, 0.1) is 11.8 Å². The Bertz CT molecular complexity index is 419. The van der Waals surface area contributed by atoms with Crippen LogP contribution in [0.25, 0.3) is 0 Å². The molecule has 0 aliphatic carbocycles. The van der Waals surface area contributed by atoms with Crippen LogP contribution in [0.1, 0.15) is 113 Å². The summed E-state index contributed by atoms with van der Waals surface area (Å²) in [7, 11) is 0. The molecule has 0 bridgehead atoms. The third kappa shape index (κ3) is 12.5. The van der Waals surface area contributed by atoms with Crippen molar-refractivity contribution >= 4 is 11.9 Å². The van der Waals surface area contributed by atoms with Gasteiger partial charge >= 0.3 is 11.9 Å². The second kappa shape index (κ2) is 17.5. The minimum atomic E-state index is -0.941. The van der Waals surface area contributed by atoms with Crippen molar-refractivity contribution in [1.29, 1.82) is 0 Å². The van der Waals surface area contributed by atoms with Gasteiger partial charge in [0, 0.05) is 5.92 Å². The quantitative estimate of drug-likeness (QED) is 0.136. The molecule has 0 saturated carbocycles. The zero-order valence-electron chi connectivity index (χ0n) is 20.4. The summed E-state index contributed by atoms with van der Waals surface area (Å²) in [6.45, 7) is 14.3. The highest BCUT2D eigenvalue weighted by atomic mass is 17.3. The third-order valence-electron chi connectivity index (χ3n) is 5.58. The molecule has 0 aliphatic rings. The molecule has 178 valence electrons. The maximum absolute atomic E-state index is 12.4. The van der Waals surface area contributed by atoms with Gasteiger partial charge in [0.2, 0.25) is 6.29 Å². The van der Waals surface area contributed by atoms with Gasteiger partial charge in [-0.25, -0.2) is 9.59 Å². The van der Waals surface area contributed by atoms with E-state index in [4.69, 9.17) is 19.6 Å². The second-order valence-corrected chi connectivity index (χ2v) is 8.81. The van der Waals surface area contributed by atoms with Crippen LogP contribution in [-0.2, 0) is 29.1 Å². The van der Waals surface area contributed by atoms with Crippen LogP contribution in [-0.4, -0.2) is 18.2 Å². The summed E-state index contributed by atoms with van der Waals surface area (Å²) in [4.78, 5) is 45.7. The van der Waals surface area contributed by atoms with Crippen molar-refractivity contribution in [3.63, 3.8) is 0 Å². The zero-order chi connectivity index (χ0) is 22.9. The molecule has 0 fully saturated rings. The number of carbonyl (C=O) groups is 2. The summed E-state index contributed by atoms with van der Waals surface area (Å²) in [5.41, 5.74) is 0. The predicted molar refractivity (Wildman–Crippen MR) is 118 cm³/mol. The van der Waals surface area contributed by atoms with Crippen LogP contribution in [0.3, 0.4) is 0 Å². The van der Waals surface area contributed by atoms with E-state index in [2.05, 4.69) is 27.7 Å². The Balaban J connectivity index is 4.89. The summed E-state index contributed by atoms with van der Waals surface area (Å²) in [6, 6.07) is 0. The number of hydrogen-bond acceptors (Lipinski definition) is 6. The fraction of sp³-hybridized carbons (Fsp3) is 0.917. The predicted octanol–water partition coefficient (Wildman–Crippen LogP) is 6.77. The number of rotatable bonds is 18. The van der Waals surface area contributed by atoms with Gasteiger partial charge in [0.25, 0.3) is 0 Å². The molecular weight excluding hydrogens is 384 g/mol. The van der Waals surface area contributed by atoms with Gasteiger partial charge in [-0.05, 0) is 38.0 Å². The van der Waals surface area contributed by atoms with Crippen LogP contribution in [0.4, 0.5) is 0 Å². The topological polar surface area (TPSA) is 71.1 Å². The van der Waals surface area contributed by atoms with Crippen molar-refractivity contribution in [2.75, 3.05) is 0 Å². The second-order valence-electron chi connectivity index (χ2n) is 8.81. The van der Waals surface area contributed by atoms with Gasteiger partial charge in [-0.3, -0.25) is 9.78 Å². The summed E-state index contributed by atoms with van der Waals surface area (Å²) in [6.07, 6.45) is 7.74. The van der Waals surface area contributed by atoms with Crippen molar-refractivity contribution < 1.29 is 29.1 Å². The molecule has 0 saturated heterocycles. The highest BCUT2D eigenvalue weighted by molar-refractivity contribution is 5.72. The Labute approximate surface area is 184 Å². The molecular formula is C24H46O6. The summed E-state index contributed by atoms with van der Waals surface area (Å²) >= 11 is 0. The van der Waals surface area contributed by atoms with Gasteiger partial charge in [0.1, 0.15) is 0 Å². The first kappa shape index (κ1) is 28.9. The fourth-order valence-corrected chi connectivity index (χ4v) is 3.14. The smallest absolute Gasteiger partial charge is 0.295 e. The SMILES string of the molecule is CCCCC(CC)C(=O)OOC(OOC(=O)C(CC)CCCC)C(C)CCC(C)C. The van der Waals surface area contributed by atoms with Crippen LogP contribution in [0.15, 0.2) is 0 Å². The molecule has 0 spiro atoms. The van der Waals surface area contributed by atoms with E-state index in [1.54, 1.807) is 0 Å². The maximum Gasteiger partial charge on any atom is 0.345 e. The van der Waals surface area contributed by atoms with Crippen molar-refractivity contribution in [1.82, 2.24) is 0 Å². The molecule has 0 heterocycles. The Kier molecular flexibility index (Phi) is 16.9. The normalized spacial score (nSPS) is 15.5. The minimum Gasteiger partial charge on any atom is -0.295 e. The molecule has 6 heteroatoms. The standard InChI is InChI=1S/C24H46O6/c1-8-12-14-20(10-3)22(25)27-29-24(19(7)17-16-18(5)6)30-28-23(26)21(11-4)15-13-9-2/h18-21,24H,8-17H2,1-7H3. The van der Waals surface area contributed by atoms with Crippen LogP contribution in [0.2, 0.25) is 0 Å². The lowest BCUT2D eigenvalue weighted by molar-refractivity contribution is -0.442. The summed E-state index contributed by atoms with van der Waals surface area (Å²) in [5, 5.41) is 0. The lowest BCUT2D eigenvalue weighted by atomic mass is 9.99. The largest absolute Gasteiger partial charge is 0.345 e. The van der Waals surface area contributed by atoms with E-state index in [9.17, 15) is 9.59 Å². The van der Waals surface area contributed by atoms with Gasteiger partial charge in [-0.2, -0.15) is 0 Å². The lowest BCUT2D eigenvalue weighted by Gasteiger charge is -2.23. The lowest BCUT2D eigenvalue weighted by Crippen LogP contribution is -2.31. The molecule has 3 atom stereocenters. The Morgan fingerprint density at radius 1 is 0.667 bits per heavy atom. The Morgan fingerprint density at radius 3 is 1.43 bits per heavy atom. The van der Waals surface area contributed by atoms with Gasteiger partial charge in [-0.1, -0.05) is 80.6 Å². The van der Waals surface area contributed by atoms with Crippen LogP contribution in [0, 0.1) is 23.7 Å². The maximum atomic E-state index is 12.4. The average molecular weight is 431 g/mol. The first-order valence-electron chi connectivity index (χ1n) is 12.0. The van der Waals surface area contributed by atoms with Gasteiger partial charge in [-0.15, -0.1) is 9.78 Å². The molecule has 0 radical (unpaired) electrons. The summed E-state index contributed by atoms with van der Waals surface area (Å²) < 4.78 is 0. The van der Waals surface area contributed by atoms with Gasteiger partial charge in [0.15, 0.2) is 0 Å². The number of carbonyl (C=O) groups excluding carboxylic acids is 2. The van der Waals surface area contributed by atoms with E-state index in [0.29, 0.717) is 18.8 Å². The van der Waals surface area contributed by atoms with E-state index in [0.717, 1.165) is 51.4 Å².